The van der Waals surface area contributed by atoms with Gasteiger partial charge in [0.1, 0.15) is 0 Å². The molecule has 2 aliphatic rings. The SMILES string of the molecule is C[C@@H]1CN(C(=O)C2CCCS2)C[C@H]1C(=O)O. The summed E-state index contributed by atoms with van der Waals surface area (Å²) in [6.07, 6.45) is 2.05. The van der Waals surface area contributed by atoms with Gasteiger partial charge < -0.3 is 10.0 Å². The van der Waals surface area contributed by atoms with Crippen LogP contribution < -0.4 is 0 Å². The van der Waals surface area contributed by atoms with E-state index in [0.717, 1.165) is 18.6 Å². The molecule has 0 saturated carbocycles. The van der Waals surface area contributed by atoms with Gasteiger partial charge in [0.15, 0.2) is 0 Å². The Labute approximate surface area is 99.4 Å². The third-order valence-electron chi connectivity index (χ3n) is 3.45. The van der Waals surface area contributed by atoms with Crippen molar-refractivity contribution in [3.8, 4) is 0 Å². The molecular formula is C11H17NO3S. The number of carboxylic acids is 1. The summed E-state index contributed by atoms with van der Waals surface area (Å²) in [6, 6.07) is 0. The Hall–Kier alpha value is -0.710. The number of likely N-dealkylation sites (tertiary alicyclic amines) is 1. The van der Waals surface area contributed by atoms with Crippen LogP contribution in [0.25, 0.3) is 0 Å². The first kappa shape index (κ1) is 11.8. The highest BCUT2D eigenvalue weighted by Gasteiger charge is 2.39. The molecule has 1 unspecified atom stereocenters. The van der Waals surface area contributed by atoms with Crippen molar-refractivity contribution in [3.63, 3.8) is 0 Å². The molecular weight excluding hydrogens is 226 g/mol. The molecule has 16 heavy (non-hydrogen) atoms. The van der Waals surface area contributed by atoms with Gasteiger partial charge in [-0.05, 0) is 24.5 Å². The quantitative estimate of drug-likeness (QED) is 0.788. The number of nitrogens with zero attached hydrogens (tertiary/aromatic N) is 1. The molecule has 0 aromatic carbocycles. The summed E-state index contributed by atoms with van der Waals surface area (Å²) in [5, 5.41) is 9.09. The third kappa shape index (κ3) is 2.19. The maximum atomic E-state index is 12.1. The first-order valence-electron chi connectivity index (χ1n) is 5.73. The standard InChI is InChI=1S/C11H17NO3S/c1-7-5-12(6-8(7)11(14)15)10(13)9-3-2-4-16-9/h7-9H,2-6H2,1H3,(H,14,15)/t7-,8-,9?/m1/s1. The Morgan fingerprint density at radius 1 is 1.38 bits per heavy atom. The van der Waals surface area contributed by atoms with Crippen LogP contribution in [0.15, 0.2) is 0 Å². The molecule has 2 saturated heterocycles. The number of amides is 1. The molecule has 0 bridgehead atoms. The zero-order valence-corrected chi connectivity index (χ0v) is 10.2. The summed E-state index contributed by atoms with van der Waals surface area (Å²) in [6.45, 7) is 2.91. The lowest BCUT2D eigenvalue weighted by molar-refractivity contribution is -0.142. The van der Waals surface area contributed by atoms with Gasteiger partial charge in [-0.1, -0.05) is 6.92 Å². The van der Waals surface area contributed by atoms with Crippen molar-refractivity contribution in [2.45, 2.75) is 25.0 Å². The smallest absolute Gasteiger partial charge is 0.308 e. The van der Waals surface area contributed by atoms with E-state index in [1.807, 2.05) is 6.92 Å². The molecule has 90 valence electrons. The largest absolute Gasteiger partial charge is 0.481 e. The summed E-state index contributed by atoms with van der Waals surface area (Å²) in [7, 11) is 0. The van der Waals surface area contributed by atoms with Crippen molar-refractivity contribution in [1.82, 2.24) is 4.90 Å². The predicted molar refractivity (Wildman–Crippen MR) is 62.3 cm³/mol. The first-order valence-corrected chi connectivity index (χ1v) is 6.77. The summed E-state index contributed by atoms with van der Waals surface area (Å²) < 4.78 is 0. The van der Waals surface area contributed by atoms with Crippen LogP contribution in [0.4, 0.5) is 0 Å². The molecule has 0 radical (unpaired) electrons. The minimum atomic E-state index is -0.776. The van der Waals surface area contributed by atoms with Gasteiger partial charge in [-0.15, -0.1) is 11.8 Å². The topological polar surface area (TPSA) is 57.6 Å². The molecule has 4 nitrogen and oxygen atoms in total. The van der Waals surface area contributed by atoms with Crippen LogP contribution >= 0.6 is 11.8 Å². The molecule has 3 atom stereocenters. The van der Waals surface area contributed by atoms with Gasteiger partial charge in [-0.2, -0.15) is 0 Å². The second kappa shape index (κ2) is 4.65. The van der Waals surface area contributed by atoms with Crippen molar-refractivity contribution >= 4 is 23.6 Å². The number of thioether (sulfide) groups is 1. The van der Waals surface area contributed by atoms with Gasteiger partial charge in [-0.3, -0.25) is 9.59 Å². The van der Waals surface area contributed by atoms with E-state index in [9.17, 15) is 9.59 Å². The second-order valence-electron chi connectivity index (χ2n) is 4.67. The molecule has 2 rings (SSSR count). The molecule has 0 spiro atoms. The van der Waals surface area contributed by atoms with E-state index in [2.05, 4.69) is 0 Å². The highest BCUT2D eigenvalue weighted by atomic mass is 32.2. The van der Waals surface area contributed by atoms with Crippen LogP contribution in [0.1, 0.15) is 19.8 Å². The normalized spacial score (nSPS) is 34.3. The molecule has 1 N–H and O–H groups in total. The van der Waals surface area contributed by atoms with Crippen LogP contribution in [0.3, 0.4) is 0 Å². The van der Waals surface area contributed by atoms with Gasteiger partial charge in [0.05, 0.1) is 11.2 Å². The minimum absolute atomic E-state index is 0.0767. The predicted octanol–water partition coefficient (Wildman–Crippen LogP) is 1.06. The number of carbonyl (C=O) groups excluding carboxylic acids is 1. The van der Waals surface area contributed by atoms with Crippen LogP contribution in [0.5, 0.6) is 0 Å². The van der Waals surface area contributed by atoms with E-state index in [0.29, 0.717) is 13.1 Å². The van der Waals surface area contributed by atoms with Gasteiger partial charge in [-0.25, -0.2) is 0 Å². The molecule has 0 aromatic rings. The number of hydrogen-bond donors (Lipinski definition) is 1. The van der Waals surface area contributed by atoms with E-state index in [4.69, 9.17) is 5.11 Å². The van der Waals surface area contributed by atoms with Crippen LogP contribution in [-0.2, 0) is 9.59 Å². The number of carbonyl (C=O) groups is 2. The Kier molecular flexibility index (Phi) is 3.42. The molecule has 2 fully saturated rings. The molecule has 1 amide bonds. The van der Waals surface area contributed by atoms with Crippen LogP contribution in [-0.4, -0.2) is 46.0 Å². The Bertz CT molecular complexity index is 302. The van der Waals surface area contributed by atoms with Gasteiger partial charge in [0, 0.05) is 13.1 Å². The molecule has 2 aliphatic heterocycles. The van der Waals surface area contributed by atoms with E-state index < -0.39 is 5.97 Å². The zero-order chi connectivity index (χ0) is 11.7. The highest BCUT2D eigenvalue weighted by Crippen LogP contribution is 2.31. The van der Waals surface area contributed by atoms with E-state index in [-0.39, 0.29) is 23.0 Å². The summed E-state index contributed by atoms with van der Waals surface area (Å²) >= 11 is 1.71. The van der Waals surface area contributed by atoms with Crippen molar-refractivity contribution in [3.05, 3.63) is 0 Å². The number of aliphatic carboxylic acids is 1. The van der Waals surface area contributed by atoms with E-state index in [1.54, 1.807) is 16.7 Å². The Morgan fingerprint density at radius 2 is 2.12 bits per heavy atom. The lowest BCUT2D eigenvalue weighted by Gasteiger charge is -2.19. The Morgan fingerprint density at radius 3 is 2.62 bits per heavy atom. The van der Waals surface area contributed by atoms with E-state index in [1.165, 1.54) is 0 Å². The minimum Gasteiger partial charge on any atom is -0.481 e. The van der Waals surface area contributed by atoms with E-state index >= 15 is 0 Å². The third-order valence-corrected chi connectivity index (χ3v) is 4.81. The first-order chi connectivity index (χ1) is 7.59. The second-order valence-corrected chi connectivity index (χ2v) is 5.98. The van der Waals surface area contributed by atoms with Gasteiger partial charge in [0.25, 0.3) is 0 Å². The monoisotopic (exact) mass is 243 g/mol. The van der Waals surface area contributed by atoms with Crippen LogP contribution in [0, 0.1) is 11.8 Å². The number of rotatable bonds is 2. The molecule has 2 heterocycles. The highest BCUT2D eigenvalue weighted by molar-refractivity contribution is 8.00. The van der Waals surface area contributed by atoms with Crippen LogP contribution in [0.2, 0.25) is 0 Å². The lowest BCUT2D eigenvalue weighted by Crippen LogP contribution is -2.35. The maximum absolute atomic E-state index is 12.1. The molecule has 0 aromatic heterocycles. The maximum Gasteiger partial charge on any atom is 0.308 e. The van der Waals surface area contributed by atoms with Crippen molar-refractivity contribution in [1.29, 1.82) is 0 Å². The average molecular weight is 243 g/mol. The van der Waals surface area contributed by atoms with Crippen molar-refractivity contribution in [2.24, 2.45) is 11.8 Å². The fraction of sp³-hybridized carbons (Fsp3) is 0.818. The molecule has 5 heteroatoms. The number of carboxylic acid groups (broad SMARTS) is 1. The van der Waals surface area contributed by atoms with Crippen molar-refractivity contribution < 1.29 is 14.7 Å². The summed E-state index contributed by atoms with van der Waals surface area (Å²) in [5.41, 5.74) is 0. The van der Waals surface area contributed by atoms with Crippen molar-refractivity contribution in [2.75, 3.05) is 18.8 Å². The van der Waals surface area contributed by atoms with Gasteiger partial charge in [0.2, 0.25) is 5.91 Å². The fourth-order valence-electron chi connectivity index (χ4n) is 2.44. The number of hydrogen-bond acceptors (Lipinski definition) is 3. The summed E-state index contributed by atoms with van der Waals surface area (Å²) in [5.74, 6) is 0.130. The fourth-order valence-corrected chi connectivity index (χ4v) is 3.69. The lowest BCUT2D eigenvalue weighted by atomic mass is 9.99. The van der Waals surface area contributed by atoms with Gasteiger partial charge >= 0.3 is 5.97 Å². The Balaban J connectivity index is 1.96. The summed E-state index contributed by atoms with van der Waals surface area (Å²) in [4.78, 5) is 24.8. The average Bonchev–Trinajstić information content (AvgIpc) is 2.84. The zero-order valence-electron chi connectivity index (χ0n) is 9.39. The molecule has 0 aliphatic carbocycles.